The SMILES string of the molecule is O=C(N[C@H]1CC[C@H](c2nnc(COc3ccc(Cl)cc3)o2)CC1)c1cc2cc(Cl)ccc2o1. The van der Waals surface area contributed by atoms with Gasteiger partial charge in [-0.1, -0.05) is 23.2 Å². The van der Waals surface area contributed by atoms with E-state index in [0.29, 0.717) is 33.2 Å². The van der Waals surface area contributed by atoms with Crippen LogP contribution in [0.1, 0.15) is 53.9 Å². The first-order chi connectivity index (χ1) is 16.0. The fourth-order valence-electron chi connectivity index (χ4n) is 4.03. The minimum absolute atomic E-state index is 0.0705. The van der Waals surface area contributed by atoms with E-state index in [1.807, 2.05) is 0 Å². The highest BCUT2D eigenvalue weighted by molar-refractivity contribution is 6.31. The van der Waals surface area contributed by atoms with Crippen LogP contribution >= 0.6 is 23.2 Å². The average Bonchev–Trinajstić information content (AvgIpc) is 3.46. The van der Waals surface area contributed by atoms with Crippen molar-refractivity contribution in [1.82, 2.24) is 15.5 Å². The Kier molecular flexibility index (Phi) is 6.24. The molecule has 9 heteroatoms. The minimum atomic E-state index is -0.217. The van der Waals surface area contributed by atoms with Gasteiger partial charge in [0.05, 0.1) is 0 Å². The van der Waals surface area contributed by atoms with Crippen LogP contribution in [0.3, 0.4) is 0 Å². The number of hydrogen-bond acceptors (Lipinski definition) is 6. The van der Waals surface area contributed by atoms with Crippen LogP contribution in [0.5, 0.6) is 5.75 Å². The summed E-state index contributed by atoms with van der Waals surface area (Å²) >= 11 is 11.9. The molecular weight excluding hydrogens is 465 g/mol. The van der Waals surface area contributed by atoms with E-state index in [9.17, 15) is 4.79 Å². The molecule has 33 heavy (non-hydrogen) atoms. The number of hydrogen-bond donors (Lipinski definition) is 1. The molecular formula is C24H21Cl2N3O4. The average molecular weight is 486 g/mol. The van der Waals surface area contributed by atoms with Crippen LogP contribution in [0.2, 0.25) is 10.0 Å². The lowest BCUT2D eigenvalue weighted by Gasteiger charge is -2.26. The van der Waals surface area contributed by atoms with Gasteiger partial charge in [-0.25, -0.2) is 0 Å². The van der Waals surface area contributed by atoms with Gasteiger partial charge in [0.15, 0.2) is 12.4 Å². The summed E-state index contributed by atoms with van der Waals surface area (Å²) in [5, 5.41) is 13.4. The van der Waals surface area contributed by atoms with Gasteiger partial charge in [0.1, 0.15) is 11.3 Å². The van der Waals surface area contributed by atoms with E-state index in [1.165, 1.54) is 0 Å². The molecule has 1 N–H and O–H groups in total. The Morgan fingerprint density at radius 2 is 1.73 bits per heavy atom. The van der Waals surface area contributed by atoms with E-state index in [4.69, 9.17) is 36.8 Å². The molecule has 2 aromatic carbocycles. The third-order valence-corrected chi connectivity index (χ3v) is 6.26. The van der Waals surface area contributed by atoms with E-state index in [0.717, 1.165) is 31.1 Å². The Labute approximate surface area is 200 Å². The lowest BCUT2D eigenvalue weighted by atomic mass is 9.86. The molecule has 2 aromatic heterocycles. The van der Waals surface area contributed by atoms with Gasteiger partial charge in [0, 0.05) is 27.4 Å². The molecule has 5 rings (SSSR count). The van der Waals surface area contributed by atoms with Gasteiger partial charge in [0.25, 0.3) is 11.8 Å². The maximum absolute atomic E-state index is 12.6. The number of rotatable bonds is 6. The van der Waals surface area contributed by atoms with Crippen LogP contribution in [0.15, 0.2) is 57.4 Å². The van der Waals surface area contributed by atoms with E-state index in [-0.39, 0.29) is 30.2 Å². The first-order valence-electron chi connectivity index (χ1n) is 10.7. The van der Waals surface area contributed by atoms with Gasteiger partial charge < -0.3 is 18.9 Å². The van der Waals surface area contributed by atoms with Crippen LogP contribution in [0.4, 0.5) is 0 Å². The summed E-state index contributed by atoms with van der Waals surface area (Å²) in [4.78, 5) is 12.6. The highest BCUT2D eigenvalue weighted by atomic mass is 35.5. The summed E-state index contributed by atoms with van der Waals surface area (Å²) < 4.78 is 17.1. The monoisotopic (exact) mass is 485 g/mol. The standard InChI is InChI=1S/C24H21Cl2N3O4/c25-16-3-8-19(9-4-16)31-13-22-28-29-24(33-22)14-1-6-18(7-2-14)27-23(30)21-12-15-11-17(26)5-10-20(15)32-21/h3-5,8-12,14,18H,1-2,6-7,13H2,(H,27,30)/t14-,18-. The number of ether oxygens (including phenoxy) is 1. The van der Waals surface area contributed by atoms with Crippen molar-refractivity contribution in [3.63, 3.8) is 0 Å². The molecule has 7 nitrogen and oxygen atoms in total. The van der Waals surface area contributed by atoms with Crippen LogP contribution in [-0.2, 0) is 6.61 Å². The number of carbonyl (C=O) groups is 1. The molecule has 1 saturated carbocycles. The molecule has 0 saturated heterocycles. The second-order valence-electron chi connectivity index (χ2n) is 8.09. The van der Waals surface area contributed by atoms with E-state index < -0.39 is 0 Å². The highest BCUT2D eigenvalue weighted by Crippen LogP contribution is 2.32. The summed E-state index contributed by atoms with van der Waals surface area (Å²) in [6.07, 6.45) is 3.34. The molecule has 1 aliphatic rings. The third kappa shape index (κ3) is 5.15. The fourth-order valence-corrected chi connectivity index (χ4v) is 4.34. The number of nitrogens with one attached hydrogen (secondary N) is 1. The van der Waals surface area contributed by atoms with Gasteiger partial charge in [-0.3, -0.25) is 4.79 Å². The lowest BCUT2D eigenvalue weighted by molar-refractivity contribution is 0.0898. The van der Waals surface area contributed by atoms with Crippen LogP contribution < -0.4 is 10.1 Å². The molecule has 0 unspecified atom stereocenters. The predicted octanol–water partition coefficient (Wildman–Crippen LogP) is 6.16. The molecule has 0 spiro atoms. The zero-order chi connectivity index (χ0) is 22.8. The zero-order valence-electron chi connectivity index (χ0n) is 17.6. The molecule has 1 aliphatic carbocycles. The van der Waals surface area contributed by atoms with Crippen LogP contribution in [-0.4, -0.2) is 22.1 Å². The van der Waals surface area contributed by atoms with Crippen molar-refractivity contribution in [3.8, 4) is 5.75 Å². The summed E-state index contributed by atoms with van der Waals surface area (Å²) in [7, 11) is 0. The van der Waals surface area contributed by atoms with E-state index in [1.54, 1.807) is 48.5 Å². The second kappa shape index (κ2) is 9.45. The van der Waals surface area contributed by atoms with Crippen molar-refractivity contribution in [2.75, 3.05) is 0 Å². The molecule has 0 atom stereocenters. The van der Waals surface area contributed by atoms with Gasteiger partial charge in [-0.05, 0) is 74.2 Å². The predicted molar refractivity (Wildman–Crippen MR) is 124 cm³/mol. The maximum atomic E-state index is 12.6. The Bertz CT molecular complexity index is 1260. The smallest absolute Gasteiger partial charge is 0.287 e. The summed E-state index contributed by atoms with van der Waals surface area (Å²) in [5.74, 6) is 1.97. The molecule has 1 amide bonds. The summed E-state index contributed by atoms with van der Waals surface area (Å²) in [5.41, 5.74) is 0.639. The first kappa shape index (κ1) is 21.8. The summed E-state index contributed by atoms with van der Waals surface area (Å²) in [6, 6.07) is 14.2. The molecule has 0 aliphatic heterocycles. The first-order valence-corrected chi connectivity index (χ1v) is 11.5. The van der Waals surface area contributed by atoms with Crippen LogP contribution in [0.25, 0.3) is 11.0 Å². The number of aromatic nitrogens is 2. The largest absolute Gasteiger partial charge is 0.484 e. The number of amides is 1. The number of fused-ring (bicyclic) bond motifs is 1. The topological polar surface area (TPSA) is 90.4 Å². The second-order valence-corrected chi connectivity index (χ2v) is 8.96. The van der Waals surface area contributed by atoms with Crippen molar-refractivity contribution >= 4 is 40.1 Å². The number of benzene rings is 2. The van der Waals surface area contributed by atoms with Gasteiger partial charge in [-0.15, -0.1) is 10.2 Å². The van der Waals surface area contributed by atoms with E-state index >= 15 is 0 Å². The third-order valence-electron chi connectivity index (χ3n) is 5.77. The van der Waals surface area contributed by atoms with Crippen molar-refractivity contribution in [2.24, 2.45) is 0 Å². The molecule has 170 valence electrons. The van der Waals surface area contributed by atoms with Crippen molar-refractivity contribution in [1.29, 1.82) is 0 Å². The fraction of sp³-hybridized carbons (Fsp3) is 0.292. The van der Waals surface area contributed by atoms with E-state index in [2.05, 4.69) is 15.5 Å². The Morgan fingerprint density at radius 3 is 2.52 bits per heavy atom. The summed E-state index contributed by atoms with van der Waals surface area (Å²) in [6.45, 7) is 0.197. The number of furan rings is 1. The number of halogens is 2. The van der Waals surface area contributed by atoms with Gasteiger partial charge in [0.2, 0.25) is 5.89 Å². The zero-order valence-corrected chi connectivity index (χ0v) is 19.1. The van der Waals surface area contributed by atoms with Crippen molar-refractivity contribution in [3.05, 3.63) is 76.1 Å². The molecule has 0 radical (unpaired) electrons. The van der Waals surface area contributed by atoms with Gasteiger partial charge in [-0.2, -0.15) is 0 Å². The number of nitrogens with zero attached hydrogens (tertiary/aromatic N) is 2. The normalized spacial score (nSPS) is 18.4. The van der Waals surface area contributed by atoms with Crippen LogP contribution in [0, 0.1) is 0 Å². The highest BCUT2D eigenvalue weighted by Gasteiger charge is 2.28. The number of carbonyl (C=O) groups excluding carboxylic acids is 1. The molecule has 4 aromatic rings. The molecule has 0 bridgehead atoms. The van der Waals surface area contributed by atoms with Crippen molar-refractivity contribution < 1.29 is 18.4 Å². The lowest BCUT2D eigenvalue weighted by Crippen LogP contribution is -2.37. The van der Waals surface area contributed by atoms with Crippen molar-refractivity contribution in [2.45, 2.75) is 44.2 Å². The van der Waals surface area contributed by atoms with Gasteiger partial charge >= 0.3 is 0 Å². The maximum Gasteiger partial charge on any atom is 0.287 e. The quantitative estimate of drug-likeness (QED) is 0.351. The Balaban J connectivity index is 1.12. The minimum Gasteiger partial charge on any atom is -0.484 e. The Hall–Kier alpha value is -3.03. The molecule has 2 heterocycles. The Morgan fingerprint density at radius 1 is 0.970 bits per heavy atom. The molecule has 1 fully saturated rings.